The number of carbonyl (C=O) groups is 2. The van der Waals surface area contributed by atoms with E-state index in [1.54, 1.807) is 24.3 Å². The van der Waals surface area contributed by atoms with Gasteiger partial charge in [0.2, 0.25) is 0 Å². The highest BCUT2D eigenvalue weighted by molar-refractivity contribution is 7.17. The van der Waals surface area contributed by atoms with Crippen LogP contribution in [0.4, 0.5) is 5.00 Å². The molecule has 6 heteroatoms. The number of fused-ring (bicyclic) bond motifs is 1. The molecule has 0 bridgehead atoms. The summed E-state index contributed by atoms with van der Waals surface area (Å²) in [7, 11) is 0. The molecule has 1 aromatic heterocycles. The average molecular weight is 378 g/mol. The normalized spacial score (nSPS) is 13.4. The summed E-state index contributed by atoms with van der Waals surface area (Å²) in [5, 5.41) is 3.81. The van der Waals surface area contributed by atoms with E-state index in [4.69, 9.17) is 16.3 Å². The smallest absolute Gasteiger partial charge is 0.341 e. The summed E-state index contributed by atoms with van der Waals surface area (Å²) >= 11 is 7.58. The number of carbonyl (C=O) groups excluding carboxylic acids is 2. The van der Waals surface area contributed by atoms with E-state index in [1.165, 1.54) is 11.3 Å². The first-order valence-corrected chi connectivity index (χ1v) is 9.58. The second kappa shape index (κ2) is 7.58. The van der Waals surface area contributed by atoms with E-state index in [0.29, 0.717) is 21.2 Å². The van der Waals surface area contributed by atoms with Gasteiger partial charge in [-0.05, 0) is 57.2 Å². The maximum atomic E-state index is 12.6. The minimum Gasteiger partial charge on any atom is -0.459 e. The van der Waals surface area contributed by atoms with Crippen molar-refractivity contribution in [1.29, 1.82) is 0 Å². The van der Waals surface area contributed by atoms with Crippen LogP contribution >= 0.6 is 22.9 Å². The minimum absolute atomic E-state index is 0.209. The summed E-state index contributed by atoms with van der Waals surface area (Å²) in [5.41, 5.74) is 1.92. The van der Waals surface area contributed by atoms with Crippen LogP contribution in [0.3, 0.4) is 0 Å². The van der Waals surface area contributed by atoms with E-state index in [-0.39, 0.29) is 18.0 Å². The van der Waals surface area contributed by atoms with Gasteiger partial charge in [-0.3, -0.25) is 4.79 Å². The van der Waals surface area contributed by atoms with Gasteiger partial charge in [0.25, 0.3) is 5.91 Å². The van der Waals surface area contributed by atoms with Crippen molar-refractivity contribution in [2.45, 2.75) is 45.6 Å². The molecule has 132 valence electrons. The van der Waals surface area contributed by atoms with Crippen LogP contribution in [0.15, 0.2) is 24.3 Å². The Kier molecular flexibility index (Phi) is 5.45. The molecular weight excluding hydrogens is 358 g/mol. The lowest BCUT2D eigenvalue weighted by atomic mass is 9.95. The molecule has 2 aromatic rings. The number of ether oxygens (including phenoxy) is 1. The van der Waals surface area contributed by atoms with Crippen LogP contribution in [-0.4, -0.2) is 18.0 Å². The lowest BCUT2D eigenvalue weighted by Gasteiger charge is -2.14. The van der Waals surface area contributed by atoms with E-state index in [2.05, 4.69) is 5.32 Å². The second-order valence-electron chi connectivity index (χ2n) is 6.30. The fourth-order valence-corrected chi connectivity index (χ4v) is 4.45. The highest BCUT2D eigenvalue weighted by atomic mass is 35.5. The van der Waals surface area contributed by atoms with Crippen LogP contribution < -0.4 is 5.32 Å². The molecule has 4 nitrogen and oxygen atoms in total. The lowest BCUT2D eigenvalue weighted by molar-refractivity contribution is 0.0378. The lowest BCUT2D eigenvalue weighted by Crippen LogP contribution is -2.18. The van der Waals surface area contributed by atoms with Crippen molar-refractivity contribution in [2.75, 3.05) is 5.32 Å². The van der Waals surface area contributed by atoms with Crippen LogP contribution in [0.5, 0.6) is 0 Å². The third-order valence-corrected chi connectivity index (χ3v) is 5.60. The Morgan fingerprint density at radius 3 is 2.64 bits per heavy atom. The number of benzene rings is 1. The monoisotopic (exact) mass is 377 g/mol. The van der Waals surface area contributed by atoms with Gasteiger partial charge in [0.1, 0.15) is 5.00 Å². The Labute approximate surface area is 156 Å². The zero-order valence-corrected chi connectivity index (χ0v) is 15.8. The zero-order chi connectivity index (χ0) is 18.0. The summed E-state index contributed by atoms with van der Waals surface area (Å²) < 4.78 is 5.40. The maximum absolute atomic E-state index is 12.6. The number of halogens is 1. The second-order valence-corrected chi connectivity index (χ2v) is 7.82. The van der Waals surface area contributed by atoms with Gasteiger partial charge in [-0.2, -0.15) is 0 Å². The Balaban J connectivity index is 1.95. The largest absolute Gasteiger partial charge is 0.459 e. The Morgan fingerprint density at radius 2 is 1.92 bits per heavy atom. The van der Waals surface area contributed by atoms with E-state index >= 15 is 0 Å². The molecule has 1 aromatic carbocycles. The van der Waals surface area contributed by atoms with Crippen molar-refractivity contribution in [3.05, 3.63) is 50.9 Å². The molecule has 0 aliphatic heterocycles. The predicted octanol–water partition coefficient (Wildman–Crippen LogP) is 5.10. The van der Waals surface area contributed by atoms with Crippen molar-refractivity contribution >= 4 is 39.8 Å². The van der Waals surface area contributed by atoms with Gasteiger partial charge in [0, 0.05) is 4.88 Å². The van der Waals surface area contributed by atoms with Gasteiger partial charge < -0.3 is 10.1 Å². The Bertz CT molecular complexity index is 813. The van der Waals surface area contributed by atoms with E-state index < -0.39 is 0 Å². The molecule has 1 heterocycles. The van der Waals surface area contributed by atoms with Crippen LogP contribution in [0.25, 0.3) is 0 Å². The average Bonchev–Trinajstić information content (AvgIpc) is 2.92. The summed E-state index contributed by atoms with van der Waals surface area (Å²) in [6.45, 7) is 3.64. The van der Waals surface area contributed by atoms with Crippen LogP contribution in [0, 0.1) is 0 Å². The molecule has 1 aliphatic carbocycles. The molecule has 3 rings (SSSR count). The first-order valence-electron chi connectivity index (χ1n) is 8.38. The molecule has 1 aliphatic rings. The number of thiophene rings is 1. The summed E-state index contributed by atoms with van der Waals surface area (Å²) in [5.74, 6) is -0.688. The number of hydrogen-bond acceptors (Lipinski definition) is 4. The topological polar surface area (TPSA) is 55.4 Å². The number of hydrogen-bond donors (Lipinski definition) is 1. The van der Waals surface area contributed by atoms with Gasteiger partial charge in [-0.1, -0.05) is 23.7 Å². The molecule has 0 radical (unpaired) electrons. The third kappa shape index (κ3) is 3.88. The van der Waals surface area contributed by atoms with Crippen molar-refractivity contribution in [1.82, 2.24) is 0 Å². The molecule has 25 heavy (non-hydrogen) atoms. The number of nitrogens with one attached hydrogen (secondary N) is 1. The standard InChI is InChI=1S/C19H20ClNO3S/c1-11(2)24-19(23)16-13-8-4-6-10-15(13)25-18(16)21-17(22)12-7-3-5-9-14(12)20/h3,5,7,9,11H,4,6,8,10H2,1-2H3,(H,21,22). The SMILES string of the molecule is CC(C)OC(=O)c1c(NC(=O)c2ccccc2Cl)sc2c1CCCC2. The number of esters is 1. The van der Waals surface area contributed by atoms with Crippen LogP contribution in [-0.2, 0) is 17.6 Å². The quantitative estimate of drug-likeness (QED) is 0.754. The maximum Gasteiger partial charge on any atom is 0.341 e. The zero-order valence-electron chi connectivity index (χ0n) is 14.2. The molecule has 0 saturated carbocycles. The summed E-state index contributed by atoms with van der Waals surface area (Å²) in [6, 6.07) is 6.86. The van der Waals surface area contributed by atoms with E-state index in [1.807, 2.05) is 13.8 Å². The van der Waals surface area contributed by atoms with Crippen molar-refractivity contribution in [3.63, 3.8) is 0 Å². The summed E-state index contributed by atoms with van der Waals surface area (Å²) in [6.07, 6.45) is 3.72. The molecule has 0 saturated heterocycles. The first-order chi connectivity index (χ1) is 12.0. The van der Waals surface area contributed by atoms with Crippen LogP contribution in [0.2, 0.25) is 5.02 Å². The van der Waals surface area contributed by atoms with Gasteiger partial charge in [0.05, 0.1) is 22.3 Å². The molecule has 1 amide bonds. The van der Waals surface area contributed by atoms with Gasteiger partial charge in [0.15, 0.2) is 0 Å². The molecule has 0 spiro atoms. The third-order valence-electron chi connectivity index (χ3n) is 4.06. The van der Waals surface area contributed by atoms with Crippen molar-refractivity contribution in [3.8, 4) is 0 Å². The van der Waals surface area contributed by atoms with Crippen molar-refractivity contribution < 1.29 is 14.3 Å². The highest BCUT2D eigenvalue weighted by Crippen LogP contribution is 2.39. The van der Waals surface area contributed by atoms with Gasteiger partial charge in [-0.25, -0.2) is 4.79 Å². The fourth-order valence-electron chi connectivity index (χ4n) is 2.96. The van der Waals surface area contributed by atoms with Gasteiger partial charge >= 0.3 is 5.97 Å². The number of amides is 1. The molecular formula is C19H20ClNO3S. The molecule has 0 unspecified atom stereocenters. The number of anilines is 1. The molecule has 0 atom stereocenters. The highest BCUT2D eigenvalue weighted by Gasteiger charge is 2.28. The fraction of sp³-hybridized carbons (Fsp3) is 0.368. The number of aryl methyl sites for hydroxylation is 1. The Morgan fingerprint density at radius 1 is 1.20 bits per heavy atom. The molecule has 0 fully saturated rings. The Hall–Kier alpha value is -1.85. The summed E-state index contributed by atoms with van der Waals surface area (Å²) in [4.78, 5) is 26.4. The molecule has 1 N–H and O–H groups in total. The van der Waals surface area contributed by atoms with E-state index in [9.17, 15) is 9.59 Å². The van der Waals surface area contributed by atoms with Crippen molar-refractivity contribution in [2.24, 2.45) is 0 Å². The predicted molar refractivity (Wildman–Crippen MR) is 101 cm³/mol. The first kappa shape index (κ1) is 18.0. The van der Waals surface area contributed by atoms with Crippen LogP contribution in [0.1, 0.15) is 57.8 Å². The van der Waals surface area contributed by atoms with Gasteiger partial charge in [-0.15, -0.1) is 11.3 Å². The van der Waals surface area contributed by atoms with E-state index in [0.717, 1.165) is 36.1 Å². The number of rotatable bonds is 4. The minimum atomic E-state index is -0.371.